The van der Waals surface area contributed by atoms with Gasteiger partial charge in [0.25, 0.3) is 0 Å². The molecule has 0 fully saturated rings. The van der Waals surface area contributed by atoms with Crippen LogP contribution in [-0.2, 0) is 6.42 Å². The molecule has 0 heterocycles. The highest BCUT2D eigenvalue weighted by Crippen LogP contribution is 2.22. The van der Waals surface area contributed by atoms with E-state index in [1.54, 1.807) is 18.2 Å². The van der Waals surface area contributed by atoms with Gasteiger partial charge in [0.15, 0.2) is 0 Å². The highest BCUT2D eigenvalue weighted by atomic mass is 16.4. The van der Waals surface area contributed by atoms with Gasteiger partial charge in [-0.05, 0) is 24.1 Å². The third-order valence-electron chi connectivity index (χ3n) is 2.00. The third kappa shape index (κ3) is 2.60. The van der Waals surface area contributed by atoms with E-state index in [1.807, 2.05) is 0 Å². The molecule has 0 aliphatic rings. The maximum Gasteiger partial charge on any atom is 0.133 e. The lowest BCUT2D eigenvalue weighted by Gasteiger charge is -2.05. The predicted molar refractivity (Wildman–Crippen MR) is 60.8 cm³/mol. The number of phenols is 1. The van der Waals surface area contributed by atoms with Gasteiger partial charge in [-0.15, -0.1) is 6.58 Å². The quantitative estimate of drug-likeness (QED) is 0.312. The van der Waals surface area contributed by atoms with Crippen molar-refractivity contribution in [2.75, 3.05) is 0 Å². The summed E-state index contributed by atoms with van der Waals surface area (Å²) in [4.78, 5) is 0. The molecule has 0 aliphatic heterocycles. The summed E-state index contributed by atoms with van der Waals surface area (Å²) in [5.74, 6) is -0.108. The van der Waals surface area contributed by atoms with Crippen molar-refractivity contribution in [3.8, 4) is 5.75 Å². The van der Waals surface area contributed by atoms with Crippen molar-refractivity contribution in [3.63, 3.8) is 0 Å². The number of allylic oxidation sites excluding steroid dienone is 1. The molecule has 0 saturated heterocycles. The summed E-state index contributed by atoms with van der Waals surface area (Å²) in [5.41, 5.74) is 1.55. The average Bonchev–Trinajstić information content (AvgIpc) is 2.26. The van der Waals surface area contributed by atoms with Gasteiger partial charge in [0.05, 0.1) is 12.4 Å². The highest BCUT2D eigenvalue weighted by molar-refractivity contribution is 5.91. The molecule has 0 aliphatic carbocycles. The molecule has 0 aromatic heterocycles. The Hall–Kier alpha value is -2.30. The molecule has 84 valence electrons. The predicted octanol–water partition coefficient (Wildman–Crippen LogP) is 1.74. The molecule has 1 aromatic carbocycles. The number of hydrogen-bond donors (Lipinski definition) is 3. The summed E-state index contributed by atoms with van der Waals surface area (Å²) >= 11 is 0. The molecular formula is C11H12N2O3. The molecule has 1 aromatic rings. The molecule has 0 amide bonds. The third-order valence-corrected chi connectivity index (χ3v) is 2.00. The first-order valence-electron chi connectivity index (χ1n) is 4.54. The number of phenolic OH excluding ortho intramolecular Hbond substituents is 1. The molecule has 1 rings (SSSR count). The van der Waals surface area contributed by atoms with E-state index < -0.39 is 0 Å². The zero-order valence-corrected chi connectivity index (χ0v) is 8.54. The van der Waals surface area contributed by atoms with Crippen molar-refractivity contribution < 1.29 is 15.5 Å². The van der Waals surface area contributed by atoms with Gasteiger partial charge >= 0.3 is 0 Å². The van der Waals surface area contributed by atoms with Crippen LogP contribution in [0, 0.1) is 0 Å². The van der Waals surface area contributed by atoms with Gasteiger partial charge in [-0.3, -0.25) is 0 Å². The highest BCUT2D eigenvalue weighted by Gasteiger charge is 2.07. The average molecular weight is 220 g/mol. The van der Waals surface area contributed by atoms with Crippen molar-refractivity contribution in [2.24, 2.45) is 10.3 Å². The fraction of sp³-hybridized carbons (Fsp3) is 0.0909. The van der Waals surface area contributed by atoms with Gasteiger partial charge in [-0.2, -0.15) is 0 Å². The maximum atomic E-state index is 9.71. The topological polar surface area (TPSA) is 85.4 Å². The van der Waals surface area contributed by atoms with Crippen LogP contribution in [0.25, 0.3) is 0 Å². The summed E-state index contributed by atoms with van der Waals surface area (Å²) in [6, 6.07) is 3.32. The first kappa shape index (κ1) is 11.8. The Labute approximate surface area is 92.6 Å². The second-order valence-electron chi connectivity index (χ2n) is 3.10. The number of benzene rings is 1. The van der Waals surface area contributed by atoms with E-state index in [-0.39, 0.29) is 5.75 Å². The largest absolute Gasteiger partial charge is 0.507 e. The molecule has 0 unspecified atom stereocenters. The maximum absolute atomic E-state index is 9.71. The van der Waals surface area contributed by atoms with E-state index in [0.717, 1.165) is 18.0 Å². The Morgan fingerprint density at radius 1 is 1.12 bits per heavy atom. The first-order valence-corrected chi connectivity index (χ1v) is 4.54. The van der Waals surface area contributed by atoms with Crippen LogP contribution in [0.15, 0.2) is 35.1 Å². The van der Waals surface area contributed by atoms with Gasteiger partial charge < -0.3 is 15.5 Å². The minimum atomic E-state index is -0.108. The Balaban J connectivity index is 3.31. The SMILES string of the molecule is C=CCc1cc(C=NO)c(O)c(C=NO)c1. The molecule has 0 bridgehead atoms. The normalized spacial score (nSPS) is 11.2. The molecule has 0 spiro atoms. The van der Waals surface area contributed by atoms with Gasteiger partial charge in [0.2, 0.25) is 0 Å². The Morgan fingerprint density at radius 2 is 1.62 bits per heavy atom. The van der Waals surface area contributed by atoms with Crippen LogP contribution in [0.2, 0.25) is 0 Å². The molecule has 3 N–H and O–H groups in total. The molecule has 5 heteroatoms. The molecule has 0 radical (unpaired) electrons. The minimum absolute atomic E-state index is 0.108. The lowest BCUT2D eigenvalue weighted by molar-refractivity contribution is 0.321. The van der Waals surface area contributed by atoms with E-state index in [4.69, 9.17) is 10.4 Å². The summed E-state index contributed by atoms with van der Waals surface area (Å²) in [7, 11) is 0. The number of oxime groups is 2. The first-order chi connectivity index (χ1) is 7.72. The summed E-state index contributed by atoms with van der Waals surface area (Å²) in [6.07, 6.45) is 4.51. The van der Waals surface area contributed by atoms with E-state index in [2.05, 4.69) is 16.9 Å². The number of nitrogens with zero attached hydrogens (tertiary/aromatic N) is 2. The lowest BCUT2D eigenvalue weighted by atomic mass is 10.0. The van der Waals surface area contributed by atoms with Crippen LogP contribution in [-0.4, -0.2) is 28.0 Å². The Morgan fingerprint density at radius 3 is 2.00 bits per heavy atom. The fourth-order valence-corrected chi connectivity index (χ4v) is 1.35. The fourth-order valence-electron chi connectivity index (χ4n) is 1.35. The van der Waals surface area contributed by atoms with Gasteiger partial charge in [0, 0.05) is 11.1 Å². The molecule has 0 atom stereocenters. The Bertz CT molecular complexity index is 406. The molecular weight excluding hydrogens is 208 g/mol. The minimum Gasteiger partial charge on any atom is -0.507 e. The summed E-state index contributed by atoms with van der Waals surface area (Å²) in [6.45, 7) is 3.60. The van der Waals surface area contributed by atoms with Crippen molar-refractivity contribution in [1.82, 2.24) is 0 Å². The number of hydrogen-bond acceptors (Lipinski definition) is 5. The van der Waals surface area contributed by atoms with Gasteiger partial charge in [0.1, 0.15) is 5.75 Å². The molecule has 5 nitrogen and oxygen atoms in total. The zero-order valence-electron chi connectivity index (χ0n) is 8.54. The number of rotatable bonds is 4. The van der Waals surface area contributed by atoms with Gasteiger partial charge in [-0.1, -0.05) is 16.4 Å². The van der Waals surface area contributed by atoms with Crippen molar-refractivity contribution >= 4 is 12.4 Å². The van der Waals surface area contributed by atoms with E-state index >= 15 is 0 Å². The van der Waals surface area contributed by atoms with E-state index in [9.17, 15) is 5.11 Å². The van der Waals surface area contributed by atoms with Crippen molar-refractivity contribution in [3.05, 3.63) is 41.5 Å². The van der Waals surface area contributed by atoms with Crippen LogP contribution in [0.4, 0.5) is 0 Å². The van der Waals surface area contributed by atoms with E-state index in [0.29, 0.717) is 17.5 Å². The van der Waals surface area contributed by atoms with Crippen molar-refractivity contribution in [1.29, 1.82) is 0 Å². The molecule has 0 saturated carbocycles. The van der Waals surface area contributed by atoms with Crippen molar-refractivity contribution in [2.45, 2.75) is 6.42 Å². The van der Waals surface area contributed by atoms with E-state index in [1.165, 1.54) is 0 Å². The summed E-state index contributed by atoms with van der Waals surface area (Å²) in [5, 5.41) is 32.3. The zero-order chi connectivity index (χ0) is 12.0. The van der Waals surface area contributed by atoms with Crippen LogP contribution in [0.5, 0.6) is 5.75 Å². The number of aromatic hydroxyl groups is 1. The second kappa shape index (κ2) is 5.55. The van der Waals surface area contributed by atoms with Crippen LogP contribution >= 0.6 is 0 Å². The van der Waals surface area contributed by atoms with Crippen LogP contribution in [0.1, 0.15) is 16.7 Å². The summed E-state index contributed by atoms with van der Waals surface area (Å²) < 4.78 is 0. The standard InChI is InChI=1S/C11H12N2O3/c1-2-3-8-4-9(6-12-15)11(14)10(5-8)7-13-16/h2,4-7,14-16H,1,3H2. The van der Waals surface area contributed by atoms with Crippen LogP contribution < -0.4 is 0 Å². The smallest absolute Gasteiger partial charge is 0.133 e. The monoisotopic (exact) mass is 220 g/mol. The second-order valence-corrected chi connectivity index (χ2v) is 3.10. The van der Waals surface area contributed by atoms with Gasteiger partial charge in [-0.25, -0.2) is 0 Å². The molecule has 16 heavy (non-hydrogen) atoms. The lowest BCUT2D eigenvalue weighted by Crippen LogP contribution is -1.94. The Kier molecular flexibility index (Phi) is 4.08. The van der Waals surface area contributed by atoms with Crippen LogP contribution in [0.3, 0.4) is 0 Å².